The van der Waals surface area contributed by atoms with Crippen LogP contribution in [0.3, 0.4) is 0 Å². The summed E-state index contributed by atoms with van der Waals surface area (Å²) in [5.74, 6) is 0.856. The number of thiazole rings is 1. The van der Waals surface area contributed by atoms with Crippen molar-refractivity contribution in [2.45, 2.75) is 39.2 Å². The van der Waals surface area contributed by atoms with E-state index in [0.29, 0.717) is 21.7 Å². The minimum absolute atomic E-state index is 0.0912. The number of hydrogen-bond donors (Lipinski definition) is 3. The van der Waals surface area contributed by atoms with Gasteiger partial charge in [0.15, 0.2) is 5.13 Å². The van der Waals surface area contributed by atoms with Crippen molar-refractivity contribution in [3.63, 3.8) is 0 Å². The Balaban J connectivity index is 2.00. The van der Waals surface area contributed by atoms with Crippen molar-refractivity contribution >= 4 is 28.2 Å². The Kier molecular flexibility index (Phi) is 3.47. The summed E-state index contributed by atoms with van der Waals surface area (Å²) in [5.41, 5.74) is 5.69. The van der Waals surface area contributed by atoms with Gasteiger partial charge in [-0.15, -0.1) is 0 Å². The molecule has 1 aromatic rings. The van der Waals surface area contributed by atoms with Crippen molar-refractivity contribution in [3.8, 4) is 0 Å². The predicted molar refractivity (Wildman–Crippen MR) is 75.0 cm³/mol. The zero-order valence-electron chi connectivity index (χ0n) is 11.0. The lowest BCUT2D eigenvalue weighted by molar-refractivity contribution is 0.0956. The molecule has 1 heterocycles. The molecule has 4 N–H and O–H groups in total. The summed E-state index contributed by atoms with van der Waals surface area (Å²) in [6.07, 6.45) is 2.44. The number of nitrogens with two attached hydrogens (primary N) is 1. The molecule has 0 bridgehead atoms. The first-order valence-electron chi connectivity index (χ1n) is 6.18. The van der Waals surface area contributed by atoms with Crippen LogP contribution < -0.4 is 16.4 Å². The maximum atomic E-state index is 11.9. The van der Waals surface area contributed by atoms with Crippen LogP contribution in [0.25, 0.3) is 0 Å². The minimum Gasteiger partial charge on any atom is -0.382 e. The van der Waals surface area contributed by atoms with Gasteiger partial charge in [0.05, 0.1) is 0 Å². The molecule has 1 fully saturated rings. The molecule has 1 aliphatic rings. The van der Waals surface area contributed by atoms with E-state index in [2.05, 4.69) is 15.6 Å². The van der Waals surface area contributed by atoms with Gasteiger partial charge in [-0.1, -0.05) is 11.3 Å². The summed E-state index contributed by atoms with van der Waals surface area (Å²) in [5, 5.41) is 6.81. The fraction of sp³-hybridized carbons (Fsp3) is 0.667. The van der Waals surface area contributed by atoms with Crippen molar-refractivity contribution in [2.75, 3.05) is 17.6 Å². The first kappa shape index (κ1) is 13.1. The molecule has 1 aliphatic carbocycles. The lowest BCUT2D eigenvalue weighted by Crippen LogP contribution is -2.26. The Morgan fingerprint density at radius 3 is 2.72 bits per heavy atom. The quantitative estimate of drug-likeness (QED) is 0.781. The fourth-order valence-electron chi connectivity index (χ4n) is 1.51. The van der Waals surface area contributed by atoms with Crippen molar-refractivity contribution < 1.29 is 4.79 Å². The smallest absolute Gasteiger partial charge is 0.265 e. The van der Waals surface area contributed by atoms with E-state index >= 15 is 0 Å². The number of nitrogens with one attached hydrogen (secondary N) is 2. The second kappa shape index (κ2) is 4.76. The van der Waals surface area contributed by atoms with Crippen LogP contribution in [-0.4, -0.2) is 23.0 Å². The average Bonchev–Trinajstić information content (AvgIpc) is 2.98. The summed E-state index contributed by atoms with van der Waals surface area (Å²) in [4.78, 5) is 16.6. The zero-order chi connectivity index (χ0) is 13.3. The molecule has 18 heavy (non-hydrogen) atoms. The van der Waals surface area contributed by atoms with Gasteiger partial charge in [0.2, 0.25) is 0 Å². The lowest BCUT2D eigenvalue weighted by atomic mass is 10.1. The Morgan fingerprint density at radius 2 is 2.17 bits per heavy atom. The second-order valence-corrected chi connectivity index (χ2v) is 6.76. The van der Waals surface area contributed by atoms with Gasteiger partial charge in [-0.25, -0.2) is 4.98 Å². The third-order valence-corrected chi connectivity index (χ3v) is 3.58. The normalized spacial score (nSPS) is 15.5. The molecule has 0 radical (unpaired) electrons. The molecule has 1 aromatic heterocycles. The van der Waals surface area contributed by atoms with E-state index in [9.17, 15) is 4.79 Å². The Morgan fingerprint density at radius 1 is 1.50 bits per heavy atom. The summed E-state index contributed by atoms with van der Waals surface area (Å²) in [6.45, 7) is 6.87. The van der Waals surface area contributed by atoms with E-state index in [4.69, 9.17) is 5.73 Å². The molecule has 2 rings (SSSR count). The third kappa shape index (κ3) is 3.60. The van der Waals surface area contributed by atoms with Gasteiger partial charge in [0.25, 0.3) is 5.91 Å². The fourth-order valence-corrected chi connectivity index (χ4v) is 2.52. The number of rotatable bonds is 4. The number of nitrogen functional groups attached to an aromatic ring is 1. The van der Waals surface area contributed by atoms with E-state index in [-0.39, 0.29) is 11.4 Å². The molecule has 1 saturated carbocycles. The largest absolute Gasteiger partial charge is 0.382 e. The molecule has 0 aliphatic heterocycles. The summed E-state index contributed by atoms with van der Waals surface area (Å²) in [6, 6.07) is 0. The van der Waals surface area contributed by atoms with Crippen LogP contribution in [-0.2, 0) is 0 Å². The lowest BCUT2D eigenvalue weighted by Gasteiger charge is -2.19. The maximum absolute atomic E-state index is 11.9. The number of aromatic nitrogens is 1. The van der Waals surface area contributed by atoms with Crippen LogP contribution in [0.1, 0.15) is 43.3 Å². The molecule has 0 atom stereocenters. The van der Waals surface area contributed by atoms with E-state index < -0.39 is 0 Å². The topological polar surface area (TPSA) is 80.0 Å². The van der Waals surface area contributed by atoms with E-state index in [1.807, 2.05) is 20.8 Å². The van der Waals surface area contributed by atoms with Crippen LogP contribution in [0, 0.1) is 5.92 Å². The molecular weight excluding hydrogens is 248 g/mol. The first-order chi connectivity index (χ1) is 8.35. The van der Waals surface area contributed by atoms with Gasteiger partial charge in [-0.05, 0) is 39.5 Å². The number of hydrogen-bond acceptors (Lipinski definition) is 5. The van der Waals surface area contributed by atoms with Crippen molar-refractivity contribution in [1.82, 2.24) is 10.3 Å². The van der Waals surface area contributed by atoms with Gasteiger partial charge < -0.3 is 16.4 Å². The van der Waals surface area contributed by atoms with Gasteiger partial charge in [-0.2, -0.15) is 0 Å². The summed E-state index contributed by atoms with van der Waals surface area (Å²) in [7, 11) is 0. The minimum atomic E-state index is -0.112. The van der Waals surface area contributed by atoms with E-state index in [1.54, 1.807) is 0 Å². The van der Waals surface area contributed by atoms with Crippen LogP contribution >= 0.6 is 11.3 Å². The molecule has 0 unspecified atom stereocenters. The Bertz CT molecular complexity index is 445. The van der Waals surface area contributed by atoms with Gasteiger partial charge in [0, 0.05) is 12.1 Å². The zero-order valence-corrected chi connectivity index (χ0v) is 11.9. The highest BCUT2D eigenvalue weighted by Gasteiger charge is 2.24. The SMILES string of the molecule is CC(C)(C)Nc1nc(N)c(C(=O)NCC2CC2)s1. The molecule has 0 spiro atoms. The molecule has 1 amide bonds. The van der Waals surface area contributed by atoms with E-state index in [0.717, 1.165) is 6.54 Å². The van der Waals surface area contributed by atoms with Gasteiger partial charge in [-0.3, -0.25) is 4.79 Å². The molecule has 0 saturated heterocycles. The third-order valence-electron chi connectivity index (χ3n) is 2.59. The van der Waals surface area contributed by atoms with E-state index in [1.165, 1.54) is 24.2 Å². The summed E-state index contributed by atoms with van der Waals surface area (Å²) < 4.78 is 0. The van der Waals surface area contributed by atoms with Gasteiger partial charge >= 0.3 is 0 Å². The second-order valence-electron chi connectivity index (χ2n) is 5.76. The van der Waals surface area contributed by atoms with Crippen molar-refractivity contribution in [1.29, 1.82) is 0 Å². The van der Waals surface area contributed by atoms with Crippen LogP contribution in [0.2, 0.25) is 0 Å². The molecule has 6 heteroatoms. The number of amides is 1. The molecule has 5 nitrogen and oxygen atoms in total. The standard InChI is InChI=1S/C12H20N4OS/c1-12(2,3)16-11-15-9(13)8(18-11)10(17)14-6-7-4-5-7/h7H,4-6,13H2,1-3H3,(H,14,17)(H,15,16). The van der Waals surface area contributed by atoms with Crippen LogP contribution in [0.15, 0.2) is 0 Å². The number of nitrogens with zero attached hydrogens (tertiary/aromatic N) is 1. The monoisotopic (exact) mass is 268 g/mol. The van der Waals surface area contributed by atoms with Gasteiger partial charge in [0.1, 0.15) is 10.7 Å². The number of carbonyl (C=O) groups is 1. The van der Waals surface area contributed by atoms with Crippen molar-refractivity contribution in [2.24, 2.45) is 5.92 Å². The highest BCUT2D eigenvalue weighted by atomic mass is 32.1. The highest BCUT2D eigenvalue weighted by molar-refractivity contribution is 7.18. The number of anilines is 2. The molecule has 0 aromatic carbocycles. The average molecular weight is 268 g/mol. The summed E-state index contributed by atoms with van der Waals surface area (Å²) >= 11 is 1.31. The van der Waals surface area contributed by atoms with Crippen LogP contribution in [0.4, 0.5) is 10.9 Å². The highest BCUT2D eigenvalue weighted by Crippen LogP contribution is 2.29. The predicted octanol–water partition coefficient (Wildman–Crippen LogP) is 2.08. The Hall–Kier alpha value is -1.30. The molecular formula is C12H20N4OS. The molecule has 100 valence electrons. The maximum Gasteiger partial charge on any atom is 0.265 e. The van der Waals surface area contributed by atoms with Crippen molar-refractivity contribution in [3.05, 3.63) is 4.88 Å². The number of carbonyl (C=O) groups excluding carboxylic acids is 1. The first-order valence-corrected chi connectivity index (χ1v) is 6.99. The van der Waals surface area contributed by atoms with Crippen LogP contribution in [0.5, 0.6) is 0 Å². The Labute approximate surface area is 111 Å².